The van der Waals surface area contributed by atoms with E-state index in [2.05, 4.69) is 10.6 Å². The van der Waals surface area contributed by atoms with Gasteiger partial charge in [-0.3, -0.25) is 9.59 Å². The topological polar surface area (TPSA) is 105 Å². The predicted octanol–water partition coefficient (Wildman–Crippen LogP) is 0.977. The molecule has 8 heteroatoms. The fourth-order valence-corrected chi connectivity index (χ4v) is 2.86. The molecule has 1 fully saturated rings. The number of piperidine rings is 1. The standard InChI is InChI=1S/C16H21ClN4O3/c17-13-6-2-1-5-12(13)15(23)20-8-7-19-14(22)11-4-3-9-21(10-11)16(18)24/h1-2,5-6,11H,3-4,7-10H2,(H2,18,24)(H,19,22)(H,20,23). The van der Waals surface area contributed by atoms with Crippen molar-refractivity contribution in [3.05, 3.63) is 34.9 Å². The quantitative estimate of drug-likeness (QED) is 0.688. The van der Waals surface area contributed by atoms with Crippen molar-refractivity contribution in [2.24, 2.45) is 11.7 Å². The summed E-state index contributed by atoms with van der Waals surface area (Å²) in [5, 5.41) is 5.85. The van der Waals surface area contributed by atoms with Gasteiger partial charge in [0.2, 0.25) is 5.91 Å². The second-order valence-corrected chi connectivity index (χ2v) is 6.06. The van der Waals surface area contributed by atoms with Crippen LogP contribution in [-0.2, 0) is 4.79 Å². The molecule has 1 aromatic carbocycles. The zero-order chi connectivity index (χ0) is 17.5. The lowest BCUT2D eigenvalue weighted by atomic mass is 9.97. The van der Waals surface area contributed by atoms with Crippen LogP contribution in [0.25, 0.3) is 0 Å². The zero-order valence-electron chi connectivity index (χ0n) is 13.3. The highest BCUT2D eigenvalue weighted by Crippen LogP contribution is 2.16. The van der Waals surface area contributed by atoms with Crippen molar-refractivity contribution < 1.29 is 14.4 Å². The van der Waals surface area contributed by atoms with Crippen molar-refractivity contribution in [3.63, 3.8) is 0 Å². The Labute approximate surface area is 145 Å². The summed E-state index contributed by atoms with van der Waals surface area (Å²) in [6.45, 7) is 1.53. The van der Waals surface area contributed by atoms with E-state index in [9.17, 15) is 14.4 Å². The van der Waals surface area contributed by atoms with E-state index in [0.29, 0.717) is 36.8 Å². The van der Waals surface area contributed by atoms with Crippen LogP contribution in [0.4, 0.5) is 4.79 Å². The third-order valence-electron chi connectivity index (χ3n) is 3.93. The Kier molecular flexibility index (Phi) is 6.43. The SMILES string of the molecule is NC(=O)N1CCCC(C(=O)NCCNC(=O)c2ccccc2Cl)C1. The minimum atomic E-state index is -0.500. The summed E-state index contributed by atoms with van der Waals surface area (Å²) in [5.74, 6) is -0.675. The fraction of sp³-hybridized carbons (Fsp3) is 0.438. The van der Waals surface area contributed by atoms with E-state index in [0.717, 1.165) is 12.8 Å². The third kappa shape index (κ3) is 4.86. The number of nitrogens with one attached hydrogen (secondary N) is 2. The molecule has 1 unspecified atom stereocenters. The highest BCUT2D eigenvalue weighted by Gasteiger charge is 2.27. The second-order valence-electron chi connectivity index (χ2n) is 5.65. The maximum Gasteiger partial charge on any atom is 0.314 e. The van der Waals surface area contributed by atoms with Gasteiger partial charge < -0.3 is 21.3 Å². The molecule has 1 atom stereocenters. The molecule has 130 valence electrons. The van der Waals surface area contributed by atoms with Crippen LogP contribution in [0.2, 0.25) is 5.02 Å². The van der Waals surface area contributed by atoms with Gasteiger partial charge in [-0.05, 0) is 25.0 Å². The number of halogens is 1. The van der Waals surface area contributed by atoms with E-state index in [1.54, 1.807) is 24.3 Å². The van der Waals surface area contributed by atoms with Crippen molar-refractivity contribution in [1.82, 2.24) is 15.5 Å². The summed E-state index contributed by atoms with van der Waals surface area (Å²) < 4.78 is 0. The minimum absolute atomic E-state index is 0.132. The van der Waals surface area contributed by atoms with E-state index in [1.165, 1.54) is 4.90 Å². The minimum Gasteiger partial charge on any atom is -0.354 e. The van der Waals surface area contributed by atoms with E-state index < -0.39 is 6.03 Å². The number of hydrogen-bond donors (Lipinski definition) is 3. The van der Waals surface area contributed by atoms with Gasteiger partial charge in [0, 0.05) is 26.2 Å². The van der Waals surface area contributed by atoms with Gasteiger partial charge >= 0.3 is 6.03 Å². The number of rotatable bonds is 5. The summed E-state index contributed by atoms with van der Waals surface area (Å²) in [6, 6.07) is 6.26. The van der Waals surface area contributed by atoms with E-state index in [-0.39, 0.29) is 17.7 Å². The Morgan fingerprint density at radius 2 is 1.92 bits per heavy atom. The summed E-state index contributed by atoms with van der Waals surface area (Å²) in [7, 11) is 0. The van der Waals surface area contributed by atoms with Crippen LogP contribution in [0, 0.1) is 5.92 Å². The van der Waals surface area contributed by atoms with Crippen molar-refractivity contribution in [2.45, 2.75) is 12.8 Å². The molecule has 4 amide bonds. The molecular formula is C16H21ClN4O3. The normalized spacial score (nSPS) is 17.2. The van der Waals surface area contributed by atoms with E-state index >= 15 is 0 Å². The Morgan fingerprint density at radius 3 is 2.62 bits per heavy atom. The molecule has 0 radical (unpaired) electrons. The molecule has 1 aliphatic rings. The van der Waals surface area contributed by atoms with Gasteiger partial charge in [-0.1, -0.05) is 23.7 Å². The molecule has 0 aromatic heterocycles. The summed E-state index contributed by atoms with van der Waals surface area (Å²) in [4.78, 5) is 36.7. The molecule has 1 aromatic rings. The predicted molar refractivity (Wildman–Crippen MR) is 90.7 cm³/mol. The van der Waals surface area contributed by atoms with Gasteiger partial charge in [-0.15, -0.1) is 0 Å². The van der Waals surface area contributed by atoms with Gasteiger partial charge in [-0.25, -0.2) is 4.79 Å². The van der Waals surface area contributed by atoms with Gasteiger partial charge in [0.15, 0.2) is 0 Å². The molecule has 24 heavy (non-hydrogen) atoms. The number of urea groups is 1. The first-order valence-corrected chi connectivity index (χ1v) is 8.21. The summed E-state index contributed by atoms with van der Waals surface area (Å²) in [5.41, 5.74) is 5.65. The average Bonchev–Trinajstić information content (AvgIpc) is 2.58. The number of primary amides is 1. The van der Waals surface area contributed by atoms with Gasteiger partial charge in [-0.2, -0.15) is 0 Å². The van der Waals surface area contributed by atoms with Crippen LogP contribution < -0.4 is 16.4 Å². The Balaban J connectivity index is 1.72. The monoisotopic (exact) mass is 352 g/mol. The van der Waals surface area contributed by atoms with Crippen LogP contribution in [-0.4, -0.2) is 48.9 Å². The number of nitrogens with two attached hydrogens (primary N) is 1. The smallest absolute Gasteiger partial charge is 0.314 e. The van der Waals surface area contributed by atoms with Crippen molar-refractivity contribution in [3.8, 4) is 0 Å². The third-order valence-corrected chi connectivity index (χ3v) is 4.26. The first kappa shape index (κ1) is 18.1. The maximum absolute atomic E-state index is 12.1. The molecule has 1 saturated heterocycles. The highest BCUT2D eigenvalue weighted by molar-refractivity contribution is 6.33. The molecule has 0 aliphatic carbocycles. The molecule has 7 nitrogen and oxygen atoms in total. The highest BCUT2D eigenvalue weighted by atomic mass is 35.5. The van der Waals surface area contributed by atoms with Gasteiger partial charge in [0.05, 0.1) is 16.5 Å². The lowest BCUT2D eigenvalue weighted by Crippen LogP contribution is -2.48. The number of benzene rings is 1. The van der Waals surface area contributed by atoms with Crippen LogP contribution in [0.5, 0.6) is 0 Å². The lowest BCUT2D eigenvalue weighted by molar-refractivity contribution is -0.126. The van der Waals surface area contributed by atoms with Crippen LogP contribution >= 0.6 is 11.6 Å². The lowest BCUT2D eigenvalue weighted by Gasteiger charge is -2.30. The van der Waals surface area contributed by atoms with Crippen molar-refractivity contribution in [1.29, 1.82) is 0 Å². The van der Waals surface area contributed by atoms with Crippen LogP contribution in [0.3, 0.4) is 0 Å². The molecular weight excluding hydrogens is 332 g/mol. The molecule has 0 bridgehead atoms. The van der Waals surface area contributed by atoms with Gasteiger partial charge in [0.1, 0.15) is 0 Å². The zero-order valence-corrected chi connectivity index (χ0v) is 14.0. The molecule has 1 heterocycles. The van der Waals surface area contributed by atoms with Crippen molar-refractivity contribution >= 4 is 29.4 Å². The second kappa shape index (κ2) is 8.54. The molecule has 2 rings (SSSR count). The molecule has 4 N–H and O–H groups in total. The summed E-state index contributed by atoms with van der Waals surface area (Å²) in [6.07, 6.45) is 1.48. The Bertz CT molecular complexity index is 623. The molecule has 0 saturated carbocycles. The number of amides is 4. The Hall–Kier alpha value is -2.28. The van der Waals surface area contributed by atoms with Gasteiger partial charge in [0.25, 0.3) is 5.91 Å². The first-order chi connectivity index (χ1) is 11.5. The average molecular weight is 353 g/mol. The first-order valence-electron chi connectivity index (χ1n) is 7.84. The molecule has 0 spiro atoms. The van der Waals surface area contributed by atoms with E-state index in [1.807, 2.05) is 0 Å². The van der Waals surface area contributed by atoms with Crippen LogP contribution in [0.1, 0.15) is 23.2 Å². The fourth-order valence-electron chi connectivity index (χ4n) is 2.64. The maximum atomic E-state index is 12.1. The van der Waals surface area contributed by atoms with Crippen molar-refractivity contribution in [2.75, 3.05) is 26.2 Å². The largest absolute Gasteiger partial charge is 0.354 e. The number of hydrogen-bond acceptors (Lipinski definition) is 3. The van der Waals surface area contributed by atoms with E-state index in [4.69, 9.17) is 17.3 Å². The number of carbonyl (C=O) groups excluding carboxylic acids is 3. The number of likely N-dealkylation sites (tertiary alicyclic amines) is 1. The number of carbonyl (C=O) groups is 3. The summed E-state index contributed by atoms with van der Waals surface area (Å²) >= 11 is 5.95. The Morgan fingerprint density at radius 1 is 1.21 bits per heavy atom. The molecule has 1 aliphatic heterocycles. The van der Waals surface area contributed by atoms with Crippen LogP contribution in [0.15, 0.2) is 24.3 Å². The number of nitrogens with zero attached hydrogens (tertiary/aromatic N) is 1.